The number of hydrogen-bond donors (Lipinski definition) is 3. The van der Waals surface area contributed by atoms with Crippen molar-refractivity contribution >= 4 is 34.8 Å². The number of para-hydroxylation sites is 1. The molecule has 0 heterocycles. The van der Waals surface area contributed by atoms with Crippen LogP contribution in [0.3, 0.4) is 0 Å². The van der Waals surface area contributed by atoms with E-state index < -0.39 is 0 Å². The molecular formula is C32H32N4O3. The van der Waals surface area contributed by atoms with Crippen LogP contribution in [-0.2, 0) is 4.79 Å². The molecule has 0 aliphatic rings. The highest BCUT2D eigenvalue weighted by molar-refractivity contribution is 6.06. The van der Waals surface area contributed by atoms with Crippen LogP contribution in [0.1, 0.15) is 46.2 Å². The summed E-state index contributed by atoms with van der Waals surface area (Å²) >= 11 is 0. The number of carbonyl (C=O) groups excluding carboxylic acids is 3. The molecule has 0 saturated carbocycles. The highest BCUT2D eigenvalue weighted by Crippen LogP contribution is 2.19. The Balaban J connectivity index is 1.30. The van der Waals surface area contributed by atoms with Gasteiger partial charge in [-0.3, -0.25) is 14.4 Å². The zero-order valence-electron chi connectivity index (χ0n) is 22.1. The van der Waals surface area contributed by atoms with Crippen molar-refractivity contribution in [3.8, 4) is 0 Å². The van der Waals surface area contributed by atoms with Crippen LogP contribution < -0.4 is 20.9 Å². The van der Waals surface area contributed by atoms with Crippen LogP contribution in [0.4, 0.5) is 17.1 Å². The van der Waals surface area contributed by atoms with Gasteiger partial charge >= 0.3 is 0 Å². The fourth-order valence-corrected chi connectivity index (χ4v) is 4.17. The zero-order valence-corrected chi connectivity index (χ0v) is 22.1. The Kier molecular flexibility index (Phi) is 9.08. The third kappa shape index (κ3) is 7.32. The van der Waals surface area contributed by atoms with E-state index in [1.807, 2.05) is 74.5 Å². The van der Waals surface area contributed by atoms with Crippen molar-refractivity contribution in [3.05, 3.63) is 126 Å². The van der Waals surface area contributed by atoms with E-state index in [4.69, 9.17) is 0 Å². The maximum absolute atomic E-state index is 13.0. The molecule has 3 N–H and O–H groups in total. The summed E-state index contributed by atoms with van der Waals surface area (Å²) in [5.41, 5.74) is 4.14. The quantitative estimate of drug-likeness (QED) is 0.243. The Morgan fingerprint density at radius 3 is 2.08 bits per heavy atom. The van der Waals surface area contributed by atoms with Gasteiger partial charge < -0.3 is 20.9 Å². The molecule has 7 nitrogen and oxygen atoms in total. The summed E-state index contributed by atoms with van der Waals surface area (Å²) in [6.45, 7) is 4.43. The van der Waals surface area contributed by atoms with E-state index >= 15 is 0 Å². The van der Waals surface area contributed by atoms with Gasteiger partial charge in [0.2, 0.25) is 5.91 Å². The molecule has 39 heavy (non-hydrogen) atoms. The van der Waals surface area contributed by atoms with Crippen molar-refractivity contribution in [2.45, 2.75) is 19.9 Å². The second kappa shape index (κ2) is 13.1. The minimum Gasteiger partial charge on any atom is -0.376 e. The van der Waals surface area contributed by atoms with E-state index in [0.717, 1.165) is 11.3 Å². The van der Waals surface area contributed by atoms with Gasteiger partial charge in [-0.25, -0.2) is 0 Å². The molecule has 0 bridgehead atoms. The van der Waals surface area contributed by atoms with Gasteiger partial charge in [0, 0.05) is 34.7 Å². The lowest BCUT2D eigenvalue weighted by Crippen LogP contribution is -2.30. The summed E-state index contributed by atoms with van der Waals surface area (Å²) in [6, 6.07) is 33.0. The molecule has 198 valence electrons. The summed E-state index contributed by atoms with van der Waals surface area (Å²) in [6.07, 6.45) is 0. The lowest BCUT2D eigenvalue weighted by Gasteiger charge is -2.21. The third-order valence-corrected chi connectivity index (χ3v) is 6.27. The first-order valence-corrected chi connectivity index (χ1v) is 12.9. The van der Waals surface area contributed by atoms with E-state index in [1.165, 1.54) is 0 Å². The molecule has 0 radical (unpaired) electrons. The Bertz CT molecular complexity index is 1410. The zero-order chi connectivity index (χ0) is 27.6. The highest BCUT2D eigenvalue weighted by Gasteiger charge is 2.16. The molecule has 1 unspecified atom stereocenters. The first-order chi connectivity index (χ1) is 18.9. The molecule has 4 aromatic rings. The number of hydrogen-bond acceptors (Lipinski definition) is 4. The predicted octanol–water partition coefficient (Wildman–Crippen LogP) is 5.89. The van der Waals surface area contributed by atoms with Crippen molar-refractivity contribution in [3.63, 3.8) is 0 Å². The molecule has 4 aromatic carbocycles. The topological polar surface area (TPSA) is 90.5 Å². The molecule has 0 aliphatic heterocycles. The van der Waals surface area contributed by atoms with Crippen LogP contribution in [0.5, 0.6) is 0 Å². The van der Waals surface area contributed by atoms with Crippen LogP contribution in [-0.4, -0.2) is 30.8 Å². The molecule has 7 heteroatoms. The molecular weight excluding hydrogens is 488 g/mol. The highest BCUT2D eigenvalue weighted by atomic mass is 16.2. The average molecular weight is 521 g/mol. The SMILES string of the molecule is CCN(C(=O)c1ccc(NC(=O)CNc2cccc(C(=O)NC(C)c3ccccc3)c2)cc1)c1ccccc1. The van der Waals surface area contributed by atoms with Crippen molar-refractivity contribution in [1.29, 1.82) is 0 Å². The van der Waals surface area contributed by atoms with Gasteiger partial charge in [-0.1, -0.05) is 54.6 Å². The Morgan fingerprint density at radius 2 is 1.41 bits per heavy atom. The van der Waals surface area contributed by atoms with E-state index in [2.05, 4.69) is 16.0 Å². The number of benzene rings is 4. The van der Waals surface area contributed by atoms with Crippen LogP contribution >= 0.6 is 0 Å². The van der Waals surface area contributed by atoms with Crippen molar-refractivity contribution in [2.24, 2.45) is 0 Å². The minimum atomic E-state index is -0.249. The van der Waals surface area contributed by atoms with E-state index in [9.17, 15) is 14.4 Å². The number of nitrogens with one attached hydrogen (secondary N) is 3. The largest absolute Gasteiger partial charge is 0.376 e. The first-order valence-electron chi connectivity index (χ1n) is 12.9. The maximum Gasteiger partial charge on any atom is 0.258 e. The average Bonchev–Trinajstić information content (AvgIpc) is 2.98. The third-order valence-electron chi connectivity index (χ3n) is 6.27. The van der Waals surface area contributed by atoms with Crippen molar-refractivity contribution < 1.29 is 14.4 Å². The van der Waals surface area contributed by atoms with Crippen LogP contribution in [0, 0.1) is 0 Å². The standard InChI is InChI=1S/C32H32N4O3/c1-3-36(29-15-8-5-9-16-29)32(39)25-17-19-27(20-18-25)35-30(37)22-33-28-14-10-13-26(21-28)31(38)34-23(2)24-11-6-4-7-12-24/h4-21,23,33H,3,22H2,1-2H3,(H,34,38)(H,35,37). The summed E-state index contributed by atoms with van der Waals surface area (Å²) in [4.78, 5) is 39.9. The smallest absolute Gasteiger partial charge is 0.258 e. The Morgan fingerprint density at radius 1 is 0.744 bits per heavy atom. The first kappa shape index (κ1) is 27.1. The van der Waals surface area contributed by atoms with Crippen molar-refractivity contribution in [1.82, 2.24) is 5.32 Å². The summed E-state index contributed by atoms with van der Waals surface area (Å²) in [5, 5.41) is 8.89. The van der Waals surface area contributed by atoms with Gasteiger partial charge in [0.1, 0.15) is 0 Å². The van der Waals surface area contributed by atoms with Gasteiger partial charge in [-0.15, -0.1) is 0 Å². The Labute approximate surface area is 228 Å². The summed E-state index contributed by atoms with van der Waals surface area (Å²) in [7, 11) is 0. The van der Waals surface area contributed by atoms with Gasteiger partial charge in [-0.2, -0.15) is 0 Å². The lowest BCUT2D eigenvalue weighted by atomic mass is 10.1. The lowest BCUT2D eigenvalue weighted by molar-refractivity contribution is -0.114. The fraction of sp³-hybridized carbons (Fsp3) is 0.156. The molecule has 1 atom stereocenters. The molecule has 3 amide bonds. The van der Waals surface area contributed by atoms with Gasteiger partial charge in [0.15, 0.2) is 0 Å². The molecule has 4 rings (SSSR count). The monoisotopic (exact) mass is 520 g/mol. The van der Waals surface area contributed by atoms with Crippen LogP contribution in [0.25, 0.3) is 0 Å². The van der Waals surface area contributed by atoms with E-state index in [1.54, 1.807) is 53.4 Å². The number of amides is 3. The maximum atomic E-state index is 13.0. The second-order valence-electron chi connectivity index (χ2n) is 9.05. The van der Waals surface area contributed by atoms with Crippen molar-refractivity contribution in [2.75, 3.05) is 28.6 Å². The molecule has 0 aliphatic carbocycles. The van der Waals surface area contributed by atoms with E-state index in [-0.39, 0.29) is 30.3 Å². The minimum absolute atomic E-state index is 0.0177. The normalized spacial score (nSPS) is 11.2. The summed E-state index contributed by atoms with van der Waals surface area (Å²) < 4.78 is 0. The number of rotatable bonds is 10. The molecule has 0 fully saturated rings. The molecule has 0 aromatic heterocycles. The number of carbonyl (C=O) groups is 3. The number of anilines is 3. The second-order valence-corrected chi connectivity index (χ2v) is 9.05. The summed E-state index contributed by atoms with van der Waals surface area (Å²) in [5.74, 6) is -0.547. The van der Waals surface area contributed by atoms with Gasteiger partial charge in [0.05, 0.1) is 12.6 Å². The number of nitrogens with zero attached hydrogens (tertiary/aromatic N) is 1. The molecule has 0 spiro atoms. The van der Waals surface area contributed by atoms with Crippen LogP contribution in [0.15, 0.2) is 109 Å². The van der Waals surface area contributed by atoms with Gasteiger partial charge in [0.25, 0.3) is 11.8 Å². The Hall–Kier alpha value is -4.91. The predicted molar refractivity (Wildman–Crippen MR) is 156 cm³/mol. The molecule has 0 saturated heterocycles. The van der Waals surface area contributed by atoms with E-state index in [0.29, 0.717) is 29.0 Å². The fourth-order valence-electron chi connectivity index (χ4n) is 4.17. The van der Waals surface area contributed by atoms with Gasteiger partial charge in [-0.05, 0) is 74.0 Å². The van der Waals surface area contributed by atoms with Crippen LogP contribution in [0.2, 0.25) is 0 Å².